The molecule has 2 unspecified atom stereocenters. The van der Waals surface area contributed by atoms with Gasteiger partial charge in [-0.3, -0.25) is 9.69 Å². The van der Waals surface area contributed by atoms with E-state index in [0.717, 1.165) is 19.4 Å². The number of ether oxygens (including phenoxy) is 1. The highest BCUT2D eigenvalue weighted by Crippen LogP contribution is 2.27. The Labute approximate surface area is 126 Å². The zero-order valence-electron chi connectivity index (χ0n) is 13.1. The number of carbonyl (C=O) groups is 1. The van der Waals surface area contributed by atoms with Crippen LogP contribution < -0.4 is 0 Å². The number of hydrogen-bond acceptors (Lipinski definition) is 4. The van der Waals surface area contributed by atoms with Crippen LogP contribution in [0.1, 0.15) is 36.5 Å². The van der Waals surface area contributed by atoms with Crippen LogP contribution in [0.15, 0.2) is 18.2 Å². The van der Waals surface area contributed by atoms with Gasteiger partial charge in [-0.1, -0.05) is 18.2 Å². The molecule has 0 aromatic heterocycles. The van der Waals surface area contributed by atoms with Crippen LogP contribution in [0.4, 0.5) is 0 Å². The summed E-state index contributed by atoms with van der Waals surface area (Å²) < 4.78 is 5.17. The number of esters is 1. The summed E-state index contributed by atoms with van der Waals surface area (Å²) in [5.41, 5.74) is 3.81. The predicted molar refractivity (Wildman–Crippen MR) is 82.0 cm³/mol. The van der Waals surface area contributed by atoms with Gasteiger partial charge in [-0.15, -0.1) is 0 Å². The van der Waals surface area contributed by atoms with Gasteiger partial charge >= 0.3 is 5.97 Å². The van der Waals surface area contributed by atoms with Gasteiger partial charge in [-0.2, -0.15) is 0 Å². The van der Waals surface area contributed by atoms with Gasteiger partial charge in [0.2, 0.25) is 0 Å². The maximum atomic E-state index is 11.0. The summed E-state index contributed by atoms with van der Waals surface area (Å²) in [5, 5.41) is 9.56. The Morgan fingerprint density at radius 3 is 2.62 bits per heavy atom. The van der Waals surface area contributed by atoms with E-state index in [9.17, 15) is 9.90 Å². The van der Waals surface area contributed by atoms with E-state index >= 15 is 0 Å². The highest BCUT2D eigenvalue weighted by atomic mass is 16.5. The molecule has 2 atom stereocenters. The molecule has 1 saturated heterocycles. The average molecular weight is 291 g/mol. The summed E-state index contributed by atoms with van der Waals surface area (Å²) in [6.45, 7) is 7.01. The van der Waals surface area contributed by atoms with Crippen LogP contribution in [0.2, 0.25) is 0 Å². The van der Waals surface area contributed by atoms with Crippen molar-refractivity contribution in [2.24, 2.45) is 0 Å². The van der Waals surface area contributed by atoms with E-state index in [-0.39, 0.29) is 24.7 Å². The summed E-state index contributed by atoms with van der Waals surface area (Å²) in [5.74, 6) is -0.242. The quantitative estimate of drug-likeness (QED) is 0.845. The van der Waals surface area contributed by atoms with Gasteiger partial charge in [-0.25, -0.2) is 0 Å². The molecule has 1 N–H and O–H groups in total. The molecule has 21 heavy (non-hydrogen) atoms. The van der Waals surface area contributed by atoms with Crippen molar-refractivity contribution in [3.63, 3.8) is 0 Å². The molecule has 1 aliphatic rings. The summed E-state index contributed by atoms with van der Waals surface area (Å²) >= 11 is 0. The molecule has 0 radical (unpaired) electrons. The van der Waals surface area contributed by atoms with Crippen molar-refractivity contribution in [3.05, 3.63) is 34.9 Å². The van der Waals surface area contributed by atoms with Crippen molar-refractivity contribution >= 4 is 5.97 Å². The highest BCUT2D eigenvalue weighted by Gasteiger charge is 2.33. The third-order valence-corrected chi connectivity index (χ3v) is 4.40. The van der Waals surface area contributed by atoms with Crippen LogP contribution in [0.25, 0.3) is 0 Å². The lowest BCUT2D eigenvalue weighted by atomic mass is 10.1. The van der Waals surface area contributed by atoms with Crippen LogP contribution in [0, 0.1) is 13.8 Å². The number of rotatable bonds is 5. The molecule has 1 aliphatic heterocycles. The van der Waals surface area contributed by atoms with Crippen molar-refractivity contribution in [2.45, 2.75) is 52.2 Å². The van der Waals surface area contributed by atoms with Crippen LogP contribution in [0.5, 0.6) is 0 Å². The second-order valence-electron chi connectivity index (χ2n) is 5.96. The number of benzene rings is 1. The first-order chi connectivity index (χ1) is 10.0. The maximum Gasteiger partial charge on any atom is 0.302 e. The first kappa shape index (κ1) is 16.0. The Hall–Kier alpha value is -1.39. The number of aliphatic hydroxyl groups is 1. The fourth-order valence-corrected chi connectivity index (χ4v) is 2.97. The lowest BCUT2D eigenvalue weighted by Gasteiger charge is -2.29. The first-order valence-corrected chi connectivity index (χ1v) is 7.57. The minimum atomic E-state index is -0.242. The number of nitrogens with zero attached hydrogens (tertiary/aromatic N) is 1. The Kier molecular flexibility index (Phi) is 5.37. The predicted octanol–water partition coefficient (Wildman–Crippen LogP) is 2.19. The average Bonchev–Trinajstić information content (AvgIpc) is 2.82. The lowest BCUT2D eigenvalue weighted by Crippen LogP contribution is -2.40. The number of aryl methyl sites for hydroxylation is 2. The molecule has 0 aliphatic carbocycles. The molecule has 4 nitrogen and oxygen atoms in total. The van der Waals surface area contributed by atoms with E-state index < -0.39 is 0 Å². The SMILES string of the molecule is CC(=O)OCC1CCC(CO)N1Cc1ccc(C)c(C)c1. The molecule has 1 aromatic carbocycles. The second kappa shape index (κ2) is 7.05. The van der Waals surface area contributed by atoms with Gasteiger partial charge in [0.1, 0.15) is 6.61 Å². The van der Waals surface area contributed by atoms with Crippen molar-refractivity contribution < 1.29 is 14.6 Å². The number of hydrogen-bond donors (Lipinski definition) is 1. The topological polar surface area (TPSA) is 49.8 Å². The molecular formula is C17H25NO3. The summed E-state index contributed by atoms with van der Waals surface area (Å²) in [7, 11) is 0. The van der Waals surface area contributed by atoms with Crippen molar-refractivity contribution in [1.82, 2.24) is 4.90 Å². The first-order valence-electron chi connectivity index (χ1n) is 7.57. The molecule has 2 rings (SSSR count). The molecule has 0 bridgehead atoms. The molecule has 1 heterocycles. The Morgan fingerprint density at radius 2 is 2.00 bits per heavy atom. The van der Waals surface area contributed by atoms with Crippen LogP contribution in [-0.4, -0.2) is 41.3 Å². The van der Waals surface area contributed by atoms with Crippen molar-refractivity contribution in [3.8, 4) is 0 Å². The second-order valence-corrected chi connectivity index (χ2v) is 5.96. The van der Waals surface area contributed by atoms with Gasteiger partial charge in [0.25, 0.3) is 0 Å². The minimum absolute atomic E-state index is 0.154. The zero-order chi connectivity index (χ0) is 15.4. The minimum Gasteiger partial charge on any atom is -0.464 e. The van der Waals surface area contributed by atoms with E-state index in [0.29, 0.717) is 6.61 Å². The Balaban J connectivity index is 2.08. The Morgan fingerprint density at radius 1 is 1.29 bits per heavy atom. The van der Waals surface area contributed by atoms with Crippen molar-refractivity contribution in [1.29, 1.82) is 0 Å². The third-order valence-electron chi connectivity index (χ3n) is 4.40. The normalized spacial score (nSPS) is 22.5. The molecule has 1 fully saturated rings. The summed E-state index contributed by atoms with van der Waals surface area (Å²) in [6.07, 6.45) is 1.91. The van der Waals surface area contributed by atoms with Crippen LogP contribution in [-0.2, 0) is 16.1 Å². The number of likely N-dealkylation sites (tertiary alicyclic amines) is 1. The standard InChI is InChI=1S/C17H25NO3/c1-12-4-5-15(8-13(12)2)9-18-16(10-19)6-7-17(18)11-21-14(3)20/h4-5,8,16-17,19H,6-7,9-11H2,1-3H3. The highest BCUT2D eigenvalue weighted by molar-refractivity contribution is 5.65. The fourth-order valence-electron chi connectivity index (χ4n) is 2.97. The molecule has 0 spiro atoms. The summed E-state index contributed by atoms with van der Waals surface area (Å²) in [4.78, 5) is 13.3. The van der Waals surface area contributed by atoms with Crippen LogP contribution in [0.3, 0.4) is 0 Å². The summed E-state index contributed by atoms with van der Waals surface area (Å²) in [6, 6.07) is 6.83. The Bertz CT molecular complexity index is 501. The largest absolute Gasteiger partial charge is 0.464 e. The molecule has 1 aromatic rings. The van der Waals surface area contributed by atoms with E-state index in [1.165, 1.54) is 23.6 Å². The van der Waals surface area contributed by atoms with Gasteiger partial charge in [0, 0.05) is 25.6 Å². The van der Waals surface area contributed by atoms with Gasteiger partial charge in [0.05, 0.1) is 6.61 Å². The lowest BCUT2D eigenvalue weighted by molar-refractivity contribution is -0.142. The molecule has 116 valence electrons. The van der Waals surface area contributed by atoms with Crippen LogP contribution >= 0.6 is 0 Å². The molecular weight excluding hydrogens is 266 g/mol. The zero-order valence-corrected chi connectivity index (χ0v) is 13.1. The van der Waals surface area contributed by atoms with Gasteiger partial charge in [0.15, 0.2) is 0 Å². The number of aliphatic hydroxyl groups excluding tert-OH is 1. The molecule has 4 heteroatoms. The van der Waals surface area contributed by atoms with E-state index in [4.69, 9.17) is 4.74 Å². The maximum absolute atomic E-state index is 11.0. The van der Waals surface area contributed by atoms with Gasteiger partial charge in [-0.05, 0) is 43.4 Å². The monoisotopic (exact) mass is 291 g/mol. The fraction of sp³-hybridized carbons (Fsp3) is 0.588. The number of carbonyl (C=O) groups excluding carboxylic acids is 1. The molecule has 0 saturated carbocycles. The van der Waals surface area contributed by atoms with Crippen molar-refractivity contribution in [2.75, 3.05) is 13.2 Å². The van der Waals surface area contributed by atoms with Gasteiger partial charge < -0.3 is 9.84 Å². The molecule has 0 amide bonds. The van der Waals surface area contributed by atoms with E-state index in [1.54, 1.807) is 0 Å². The van der Waals surface area contributed by atoms with E-state index in [1.807, 2.05) is 0 Å². The third kappa shape index (κ3) is 4.05. The van der Waals surface area contributed by atoms with E-state index in [2.05, 4.69) is 36.9 Å². The smallest absolute Gasteiger partial charge is 0.302 e.